The normalized spacial score (nSPS) is 10.8. The van der Waals surface area contributed by atoms with Gasteiger partial charge >= 0.3 is 0 Å². The lowest BCUT2D eigenvalue weighted by atomic mass is 10.4. The molecule has 8 heteroatoms. The molecule has 3 aromatic heterocycles. The molecule has 0 radical (unpaired) electrons. The van der Waals surface area contributed by atoms with Crippen LogP contribution in [0.25, 0.3) is 16.6 Å². The number of carbonyl (C=O) groups excluding carboxylic acids is 1. The van der Waals surface area contributed by atoms with Crippen molar-refractivity contribution in [1.82, 2.24) is 14.8 Å². The number of methoxy groups -OCH3 is 1. The van der Waals surface area contributed by atoms with Crippen LogP contribution < -0.4 is 5.32 Å². The van der Waals surface area contributed by atoms with Crippen LogP contribution in [0.1, 0.15) is 5.69 Å². The average molecular weight is 318 g/mol. The van der Waals surface area contributed by atoms with Gasteiger partial charge in [0.05, 0.1) is 12.0 Å². The lowest BCUT2D eigenvalue weighted by molar-refractivity contribution is -0.119. The van der Waals surface area contributed by atoms with Crippen molar-refractivity contribution in [2.75, 3.05) is 19.0 Å². The number of ether oxygens (including phenoxy) is 1. The van der Waals surface area contributed by atoms with E-state index in [1.54, 1.807) is 17.0 Å². The van der Waals surface area contributed by atoms with Crippen molar-refractivity contribution in [3.63, 3.8) is 0 Å². The van der Waals surface area contributed by atoms with E-state index < -0.39 is 0 Å². The third-order valence-electron chi connectivity index (χ3n) is 2.82. The second-order valence-corrected chi connectivity index (χ2v) is 5.39. The van der Waals surface area contributed by atoms with E-state index in [0.717, 1.165) is 11.4 Å². The fraction of sp³-hybridized carbons (Fsp3) is 0.214. The zero-order valence-electron chi connectivity index (χ0n) is 12.1. The molecule has 0 saturated carbocycles. The number of anilines is 1. The highest BCUT2D eigenvalue weighted by atomic mass is 32.1. The maximum absolute atomic E-state index is 11.7. The molecule has 0 fully saturated rings. The molecule has 3 heterocycles. The molecule has 0 aliphatic rings. The van der Waals surface area contributed by atoms with Crippen LogP contribution in [0, 0.1) is 6.92 Å². The molecule has 3 aromatic rings. The van der Waals surface area contributed by atoms with Crippen LogP contribution in [0.2, 0.25) is 0 Å². The van der Waals surface area contributed by atoms with Gasteiger partial charge < -0.3 is 14.5 Å². The van der Waals surface area contributed by atoms with Crippen LogP contribution in [-0.4, -0.2) is 34.4 Å². The summed E-state index contributed by atoms with van der Waals surface area (Å²) in [6, 6.07) is 5.43. The van der Waals surface area contributed by atoms with Crippen molar-refractivity contribution in [2.24, 2.45) is 0 Å². The van der Waals surface area contributed by atoms with Crippen LogP contribution in [0.4, 0.5) is 5.82 Å². The minimum absolute atomic E-state index is 0.0141. The van der Waals surface area contributed by atoms with E-state index in [1.807, 2.05) is 24.4 Å². The fourth-order valence-corrected chi connectivity index (χ4v) is 2.72. The standard InChI is InChI=1S/C14H14N4O3S/c1-9-6-12(16-13(19)7-20-2)18(17-9)14-15-10(8-22-14)11-4-3-5-21-11/h3-6,8H,7H2,1-2H3,(H,16,19). The Bertz CT molecular complexity index is 776. The Morgan fingerprint density at radius 1 is 1.55 bits per heavy atom. The maximum atomic E-state index is 11.7. The Labute approximate surface area is 130 Å². The first-order chi connectivity index (χ1) is 10.7. The average Bonchev–Trinajstić information content (AvgIpc) is 3.18. The molecule has 3 rings (SSSR count). The van der Waals surface area contributed by atoms with Gasteiger partial charge in [0.25, 0.3) is 5.91 Å². The Hall–Kier alpha value is -2.45. The number of hydrogen-bond acceptors (Lipinski definition) is 6. The summed E-state index contributed by atoms with van der Waals surface area (Å²) in [6.07, 6.45) is 1.60. The highest BCUT2D eigenvalue weighted by Crippen LogP contribution is 2.26. The third kappa shape index (κ3) is 2.92. The van der Waals surface area contributed by atoms with Crippen molar-refractivity contribution in [2.45, 2.75) is 6.92 Å². The molecule has 22 heavy (non-hydrogen) atoms. The van der Waals surface area contributed by atoms with Gasteiger partial charge in [0, 0.05) is 18.6 Å². The van der Waals surface area contributed by atoms with E-state index in [1.165, 1.54) is 18.4 Å². The van der Waals surface area contributed by atoms with Gasteiger partial charge in [-0.05, 0) is 19.1 Å². The SMILES string of the molecule is COCC(=O)Nc1cc(C)nn1-c1nc(-c2ccco2)cs1. The lowest BCUT2D eigenvalue weighted by Gasteiger charge is -2.05. The Morgan fingerprint density at radius 3 is 3.14 bits per heavy atom. The molecule has 1 N–H and O–H groups in total. The maximum Gasteiger partial charge on any atom is 0.251 e. The topological polar surface area (TPSA) is 82.2 Å². The molecule has 7 nitrogen and oxygen atoms in total. The fourth-order valence-electron chi connectivity index (χ4n) is 1.94. The molecule has 0 spiro atoms. The second-order valence-electron chi connectivity index (χ2n) is 4.56. The zero-order valence-corrected chi connectivity index (χ0v) is 12.9. The predicted molar refractivity (Wildman–Crippen MR) is 82.2 cm³/mol. The quantitative estimate of drug-likeness (QED) is 0.781. The second kappa shape index (κ2) is 6.12. The van der Waals surface area contributed by atoms with E-state index in [-0.39, 0.29) is 12.5 Å². The summed E-state index contributed by atoms with van der Waals surface area (Å²) in [6.45, 7) is 1.84. The first kappa shape index (κ1) is 14.5. The zero-order chi connectivity index (χ0) is 15.5. The first-order valence-corrected chi connectivity index (χ1v) is 7.40. The summed E-state index contributed by atoms with van der Waals surface area (Å²) in [4.78, 5) is 16.2. The molecule has 0 atom stereocenters. The van der Waals surface area contributed by atoms with Gasteiger partial charge in [-0.2, -0.15) is 9.78 Å². The first-order valence-electron chi connectivity index (χ1n) is 6.52. The summed E-state index contributed by atoms with van der Waals surface area (Å²) in [5.41, 5.74) is 1.51. The molecule has 114 valence electrons. The summed E-state index contributed by atoms with van der Waals surface area (Å²) in [5.74, 6) is 1.00. The van der Waals surface area contributed by atoms with Crippen LogP contribution in [0.5, 0.6) is 0 Å². The number of aryl methyl sites for hydroxylation is 1. The highest BCUT2D eigenvalue weighted by molar-refractivity contribution is 7.12. The van der Waals surface area contributed by atoms with Gasteiger partial charge in [-0.25, -0.2) is 4.98 Å². The largest absolute Gasteiger partial charge is 0.463 e. The number of furan rings is 1. The van der Waals surface area contributed by atoms with E-state index in [2.05, 4.69) is 15.4 Å². The summed E-state index contributed by atoms with van der Waals surface area (Å²) in [7, 11) is 1.47. The highest BCUT2D eigenvalue weighted by Gasteiger charge is 2.15. The van der Waals surface area contributed by atoms with E-state index >= 15 is 0 Å². The number of nitrogens with zero attached hydrogens (tertiary/aromatic N) is 3. The van der Waals surface area contributed by atoms with Crippen LogP contribution in [0.15, 0.2) is 34.3 Å². The van der Waals surface area contributed by atoms with Gasteiger partial charge in [0.2, 0.25) is 5.13 Å². The Kier molecular flexibility index (Phi) is 4.03. The van der Waals surface area contributed by atoms with Crippen molar-refractivity contribution < 1.29 is 13.9 Å². The van der Waals surface area contributed by atoms with Crippen molar-refractivity contribution in [3.05, 3.63) is 35.5 Å². The van der Waals surface area contributed by atoms with E-state index in [9.17, 15) is 4.79 Å². The molecular formula is C14H14N4O3S. The minimum atomic E-state index is -0.244. The summed E-state index contributed by atoms with van der Waals surface area (Å²) < 4.78 is 11.7. The lowest BCUT2D eigenvalue weighted by Crippen LogP contribution is -2.19. The number of hydrogen-bond donors (Lipinski definition) is 1. The molecule has 0 aliphatic carbocycles. The predicted octanol–water partition coefficient (Wildman–Crippen LogP) is 2.48. The Morgan fingerprint density at radius 2 is 2.41 bits per heavy atom. The molecular weight excluding hydrogens is 304 g/mol. The van der Waals surface area contributed by atoms with Gasteiger partial charge in [0.15, 0.2) is 5.76 Å². The van der Waals surface area contributed by atoms with Gasteiger partial charge in [-0.15, -0.1) is 11.3 Å². The smallest absolute Gasteiger partial charge is 0.251 e. The number of rotatable bonds is 5. The molecule has 0 unspecified atom stereocenters. The number of nitrogens with one attached hydrogen (secondary N) is 1. The molecule has 0 aromatic carbocycles. The molecule has 0 bridgehead atoms. The van der Waals surface area contributed by atoms with Crippen molar-refractivity contribution in [1.29, 1.82) is 0 Å². The van der Waals surface area contributed by atoms with Gasteiger partial charge in [0.1, 0.15) is 18.1 Å². The number of aromatic nitrogens is 3. The number of amides is 1. The summed E-state index contributed by atoms with van der Waals surface area (Å²) >= 11 is 1.42. The van der Waals surface area contributed by atoms with Crippen molar-refractivity contribution >= 4 is 23.1 Å². The monoisotopic (exact) mass is 318 g/mol. The Balaban J connectivity index is 1.90. The van der Waals surface area contributed by atoms with Crippen LogP contribution in [-0.2, 0) is 9.53 Å². The molecule has 0 saturated heterocycles. The number of thiazole rings is 1. The summed E-state index contributed by atoms with van der Waals surface area (Å²) in [5, 5.41) is 9.65. The third-order valence-corrected chi connectivity index (χ3v) is 3.64. The van der Waals surface area contributed by atoms with E-state index in [0.29, 0.717) is 16.7 Å². The van der Waals surface area contributed by atoms with Crippen molar-refractivity contribution in [3.8, 4) is 16.6 Å². The number of carbonyl (C=O) groups is 1. The van der Waals surface area contributed by atoms with Crippen LogP contribution in [0.3, 0.4) is 0 Å². The van der Waals surface area contributed by atoms with E-state index in [4.69, 9.17) is 9.15 Å². The van der Waals surface area contributed by atoms with Crippen LogP contribution >= 0.6 is 11.3 Å². The molecule has 1 amide bonds. The van der Waals surface area contributed by atoms with Gasteiger partial charge in [-0.1, -0.05) is 0 Å². The molecule has 0 aliphatic heterocycles. The van der Waals surface area contributed by atoms with Gasteiger partial charge in [-0.3, -0.25) is 4.79 Å². The minimum Gasteiger partial charge on any atom is -0.463 e.